The van der Waals surface area contributed by atoms with Crippen molar-refractivity contribution in [3.63, 3.8) is 0 Å². The number of nitrogen functional groups attached to an aromatic ring is 1. The molecule has 0 spiro atoms. The number of fused-ring (bicyclic) bond motifs is 1. The van der Waals surface area contributed by atoms with Gasteiger partial charge in [-0.1, -0.05) is 42.8 Å². The van der Waals surface area contributed by atoms with Gasteiger partial charge in [0.1, 0.15) is 6.04 Å². The number of rotatable bonds is 7. The number of amides is 5. The maximum atomic E-state index is 14.1. The summed E-state index contributed by atoms with van der Waals surface area (Å²) in [6.45, 7) is 8.64. The van der Waals surface area contributed by atoms with Crippen molar-refractivity contribution in [2.45, 2.75) is 70.1 Å². The maximum Gasteiger partial charge on any atom is 0.322 e. The van der Waals surface area contributed by atoms with Gasteiger partial charge < -0.3 is 36.4 Å². The van der Waals surface area contributed by atoms with E-state index in [4.69, 9.17) is 17.3 Å². The van der Waals surface area contributed by atoms with Crippen LogP contribution >= 0.6 is 11.6 Å². The number of nitrogens with one attached hydrogen (secondary N) is 3. The van der Waals surface area contributed by atoms with E-state index in [0.717, 1.165) is 67.8 Å². The highest BCUT2D eigenvalue weighted by Gasteiger charge is 2.35. The van der Waals surface area contributed by atoms with Crippen molar-refractivity contribution >= 4 is 40.9 Å². The van der Waals surface area contributed by atoms with Crippen LogP contribution in [0.3, 0.4) is 0 Å². The summed E-state index contributed by atoms with van der Waals surface area (Å²) in [5.74, 6) is -0.0668. The van der Waals surface area contributed by atoms with Crippen LogP contribution in [0.25, 0.3) is 0 Å². The molecule has 4 aliphatic heterocycles. The minimum Gasteiger partial charge on any atom is -0.397 e. The van der Waals surface area contributed by atoms with Crippen molar-refractivity contribution in [1.29, 1.82) is 0 Å². The van der Waals surface area contributed by atoms with Crippen LogP contribution in [0.5, 0.6) is 0 Å². The van der Waals surface area contributed by atoms with E-state index in [2.05, 4.69) is 20.9 Å². The Balaban J connectivity index is 1.10. The van der Waals surface area contributed by atoms with Crippen LogP contribution in [-0.2, 0) is 24.2 Å². The Hall–Kier alpha value is -3.54. The van der Waals surface area contributed by atoms with Gasteiger partial charge in [-0.3, -0.25) is 9.69 Å². The van der Waals surface area contributed by atoms with Crippen LogP contribution in [0, 0.1) is 0 Å². The third kappa shape index (κ3) is 7.21. The number of hydrogen-bond acceptors (Lipinski definition) is 6. The molecular formula is C34H47ClN8O3. The largest absolute Gasteiger partial charge is 0.397 e. The zero-order valence-electron chi connectivity index (χ0n) is 26.8. The highest BCUT2D eigenvalue weighted by atomic mass is 35.5. The molecule has 0 radical (unpaired) electrons. The minimum atomic E-state index is -0.732. The highest BCUT2D eigenvalue weighted by Crippen LogP contribution is 2.29. The van der Waals surface area contributed by atoms with Crippen molar-refractivity contribution in [3.8, 4) is 0 Å². The molecule has 4 heterocycles. The van der Waals surface area contributed by atoms with Gasteiger partial charge in [0.15, 0.2) is 0 Å². The van der Waals surface area contributed by atoms with Gasteiger partial charge in [0.05, 0.1) is 10.7 Å². The normalized spacial score (nSPS) is 20.7. The SMILES string of the molecule is CCc1cc(C[C@@H](NC(=O)N2CCC(N3Cc4ccccc4NC3=O)CC2)C(=O)N2CCN(C3CCNCC3)CC2)cc(Cl)c1N. The van der Waals surface area contributed by atoms with E-state index in [1.165, 1.54) is 0 Å². The molecule has 11 nitrogen and oxygen atoms in total. The summed E-state index contributed by atoms with van der Waals surface area (Å²) in [7, 11) is 0. The fourth-order valence-electron chi connectivity index (χ4n) is 7.42. The standard InChI is InChI=1S/C34H47ClN8O3/c1-2-24-19-23(20-28(35)31(24)36)21-30(32(44)41-17-15-40(16-18-41)26-7-11-37-12-8-26)39-33(45)42-13-9-27(10-14-42)43-22-25-5-3-4-6-29(25)38-34(43)46/h3-6,19-20,26-27,30,37H,2,7-18,21-22,36H2,1H3,(H,38,46)(H,39,45)/t30-/m1/s1. The molecule has 12 heteroatoms. The monoisotopic (exact) mass is 650 g/mol. The predicted molar refractivity (Wildman–Crippen MR) is 181 cm³/mol. The molecule has 0 bridgehead atoms. The van der Waals surface area contributed by atoms with E-state index < -0.39 is 6.04 Å². The van der Waals surface area contributed by atoms with E-state index in [9.17, 15) is 14.4 Å². The first-order chi connectivity index (χ1) is 22.3. The third-order valence-electron chi connectivity index (χ3n) is 10.2. The molecule has 2 aromatic rings. The molecule has 0 saturated carbocycles. The lowest BCUT2D eigenvalue weighted by Gasteiger charge is -2.42. The number of urea groups is 2. The highest BCUT2D eigenvalue weighted by molar-refractivity contribution is 6.33. The van der Waals surface area contributed by atoms with Gasteiger partial charge in [-0.05, 0) is 74.0 Å². The van der Waals surface area contributed by atoms with Crippen molar-refractivity contribution in [1.82, 2.24) is 30.2 Å². The van der Waals surface area contributed by atoms with Gasteiger partial charge in [-0.15, -0.1) is 0 Å². The van der Waals surface area contributed by atoms with E-state index >= 15 is 0 Å². The van der Waals surface area contributed by atoms with Crippen LogP contribution < -0.4 is 21.7 Å². The number of carbonyl (C=O) groups is 3. The molecule has 3 saturated heterocycles. The Labute approximate surface area is 276 Å². The van der Waals surface area contributed by atoms with Gasteiger partial charge in [-0.2, -0.15) is 0 Å². The van der Waals surface area contributed by atoms with Crippen LogP contribution in [0.2, 0.25) is 5.02 Å². The zero-order chi connectivity index (χ0) is 32.2. The average molecular weight is 651 g/mol. The van der Waals surface area contributed by atoms with Crippen molar-refractivity contribution in [3.05, 3.63) is 58.1 Å². The minimum absolute atomic E-state index is 0.0375. The molecule has 5 amide bonds. The van der Waals surface area contributed by atoms with Gasteiger partial charge in [0, 0.05) is 70.0 Å². The Bertz CT molecular complexity index is 1420. The Kier molecular flexibility index (Phi) is 10.2. The van der Waals surface area contributed by atoms with Gasteiger partial charge in [0.25, 0.3) is 0 Å². The van der Waals surface area contributed by atoms with E-state index in [0.29, 0.717) is 68.7 Å². The second-order valence-electron chi connectivity index (χ2n) is 13.0. The fraction of sp³-hybridized carbons (Fsp3) is 0.559. The number of likely N-dealkylation sites (tertiary alicyclic amines) is 1. The summed E-state index contributed by atoms with van der Waals surface area (Å²) in [5, 5.41) is 10.00. The Morgan fingerprint density at radius 1 is 0.978 bits per heavy atom. The lowest BCUT2D eigenvalue weighted by atomic mass is 9.99. The maximum absolute atomic E-state index is 14.1. The molecule has 0 aromatic heterocycles. The first kappa shape index (κ1) is 32.4. The molecule has 5 N–H and O–H groups in total. The topological polar surface area (TPSA) is 126 Å². The van der Waals surface area contributed by atoms with E-state index in [1.54, 1.807) is 4.90 Å². The van der Waals surface area contributed by atoms with Crippen LogP contribution in [0.4, 0.5) is 21.0 Å². The summed E-state index contributed by atoms with van der Waals surface area (Å²) in [4.78, 5) is 48.7. The molecule has 4 aliphatic rings. The Morgan fingerprint density at radius 3 is 2.41 bits per heavy atom. The van der Waals surface area contributed by atoms with Crippen molar-refractivity contribution in [2.24, 2.45) is 0 Å². The van der Waals surface area contributed by atoms with Gasteiger partial charge in [-0.25, -0.2) is 9.59 Å². The predicted octanol–water partition coefficient (Wildman–Crippen LogP) is 3.51. The number of nitrogens with two attached hydrogens (primary N) is 1. The molecule has 1 atom stereocenters. The number of nitrogens with zero attached hydrogens (tertiary/aromatic N) is 4. The zero-order valence-corrected chi connectivity index (χ0v) is 27.5. The number of para-hydroxylation sites is 1. The summed E-state index contributed by atoms with van der Waals surface area (Å²) < 4.78 is 0. The molecule has 248 valence electrons. The molecular weight excluding hydrogens is 604 g/mol. The van der Waals surface area contributed by atoms with E-state index in [1.807, 2.05) is 53.1 Å². The smallest absolute Gasteiger partial charge is 0.322 e. The summed E-state index contributed by atoms with van der Waals surface area (Å²) in [6, 6.07) is 11.2. The Morgan fingerprint density at radius 2 is 1.70 bits per heavy atom. The molecule has 0 aliphatic carbocycles. The number of anilines is 2. The molecule has 46 heavy (non-hydrogen) atoms. The van der Waals surface area contributed by atoms with Crippen molar-refractivity contribution in [2.75, 3.05) is 63.4 Å². The molecule has 0 unspecified atom stereocenters. The molecule has 6 rings (SSSR count). The fourth-order valence-corrected chi connectivity index (χ4v) is 7.68. The van der Waals surface area contributed by atoms with Crippen molar-refractivity contribution < 1.29 is 14.4 Å². The summed E-state index contributed by atoms with van der Waals surface area (Å²) in [6.07, 6.45) is 4.67. The number of halogens is 1. The number of piperazine rings is 1. The number of aryl methyl sites for hydroxylation is 1. The average Bonchev–Trinajstić information content (AvgIpc) is 3.09. The second kappa shape index (κ2) is 14.5. The number of piperidine rings is 2. The summed E-state index contributed by atoms with van der Waals surface area (Å²) >= 11 is 6.48. The lowest BCUT2D eigenvalue weighted by molar-refractivity contribution is -0.135. The lowest BCUT2D eigenvalue weighted by Crippen LogP contribution is -2.59. The van der Waals surface area contributed by atoms with Gasteiger partial charge in [0.2, 0.25) is 5.91 Å². The first-order valence-electron chi connectivity index (χ1n) is 16.8. The van der Waals surface area contributed by atoms with Crippen LogP contribution in [0.1, 0.15) is 49.3 Å². The molecule has 3 fully saturated rings. The number of benzene rings is 2. The van der Waals surface area contributed by atoms with Gasteiger partial charge >= 0.3 is 12.1 Å². The second-order valence-corrected chi connectivity index (χ2v) is 13.4. The molecule has 2 aromatic carbocycles. The first-order valence-corrected chi connectivity index (χ1v) is 17.2. The number of hydrogen-bond donors (Lipinski definition) is 4. The van der Waals surface area contributed by atoms with E-state index in [-0.39, 0.29) is 24.0 Å². The quantitative estimate of drug-likeness (QED) is 0.340. The summed E-state index contributed by atoms with van der Waals surface area (Å²) in [5.41, 5.74) is 10.5. The third-order valence-corrected chi connectivity index (χ3v) is 10.5. The van der Waals surface area contributed by atoms with Crippen LogP contribution in [0.15, 0.2) is 36.4 Å². The number of carbonyl (C=O) groups excluding carboxylic acids is 3. The van der Waals surface area contributed by atoms with Crippen LogP contribution in [-0.4, -0.2) is 108 Å².